The van der Waals surface area contributed by atoms with Crippen LogP contribution in [0.3, 0.4) is 0 Å². The molecule has 1 aliphatic rings. The highest BCUT2D eigenvalue weighted by molar-refractivity contribution is 7.80. The van der Waals surface area contributed by atoms with Crippen LogP contribution < -0.4 is 5.32 Å². The van der Waals surface area contributed by atoms with Gasteiger partial charge in [0, 0.05) is 17.8 Å². The van der Waals surface area contributed by atoms with E-state index in [-0.39, 0.29) is 6.04 Å². The molecule has 0 aliphatic carbocycles. The summed E-state index contributed by atoms with van der Waals surface area (Å²) < 4.78 is 5.85. The standard InChI is InChI=1S/C29H28N4OS/c1-4-21-14-16-23(17-15-21)26-25(28-31-27(32-34-28)24-8-6-5-7-9-24)20(3)33(29(35)30-26)18-22-12-10-19(2)11-13-22/h5-17,26H,4,18H2,1-3H3,(H,30,35). The SMILES string of the molecule is CCc1ccc(C2NC(=S)N(Cc3ccc(C)cc3)C(C)=C2c2nc(-c3ccccc3)no2)cc1. The second-order valence-electron chi connectivity index (χ2n) is 8.84. The molecule has 0 radical (unpaired) electrons. The zero-order valence-electron chi connectivity index (χ0n) is 20.2. The van der Waals surface area contributed by atoms with E-state index in [1.807, 2.05) is 30.3 Å². The normalized spacial score (nSPS) is 15.9. The minimum absolute atomic E-state index is 0.188. The molecule has 0 bridgehead atoms. The summed E-state index contributed by atoms with van der Waals surface area (Å²) in [4.78, 5) is 6.91. The second kappa shape index (κ2) is 9.84. The number of aromatic nitrogens is 2. The van der Waals surface area contributed by atoms with Crippen molar-refractivity contribution in [2.45, 2.75) is 39.8 Å². The van der Waals surface area contributed by atoms with Crippen molar-refractivity contribution in [2.24, 2.45) is 0 Å². The lowest BCUT2D eigenvalue weighted by molar-refractivity contribution is 0.396. The van der Waals surface area contributed by atoms with Gasteiger partial charge >= 0.3 is 0 Å². The molecule has 0 amide bonds. The van der Waals surface area contributed by atoms with Crippen LogP contribution in [0.4, 0.5) is 0 Å². The van der Waals surface area contributed by atoms with Gasteiger partial charge < -0.3 is 14.7 Å². The zero-order valence-corrected chi connectivity index (χ0v) is 21.0. The van der Waals surface area contributed by atoms with E-state index >= 15 is 0 Å². The topological polar surface area (TPSA) is 54.2 Å². The van der Waals surface area contributed by atoms with Crippen molar-refractivity contribution in [3.05, 3.63) is 113 Å². The van der Waals surface area contributed by atoms with E-state index in [2.05, 4.69) is 84.7 Å². The van der Waals surface area contributed by atoms with Gasteiger partial charge in [-0.3, -0.25) is 0 Å². The highest BCUT2D eigenvalue weighted by atomic mass is 32.1. The number of nitrogens with zero attached hydrogens (tertiary/aromatic N) is 3. The number of hydrogen-bond donors (Lipinski definition) is 1. The maximum absolute atomic E-state index is 5.85. The monoisotopic (exact) mass is 480 g/mol. The van der Waals surface area contributed by atoms with E-state index in [0.29, 0.717) is 23.4 Å². The molecule has 0 fully saturated rings. The van der Waals surface area contributed by atoms with Crippen LogP contribution >= 0.6 is 12.2 Å². The maximum atomic E-state index is 5.85. The highest BCUT2D eigenvalue weighted by Gasteiger charge is 2.34. The Hall–Kier alpha value is -3.77. The molecule has 6 heteroatoms. The Morgan fingerprint density at radius 2 is 1.60 bits per heavy atom. The molecule has 5 rings (SSSR count). The fraction of sp³-hybridized carbons (Fsp3) is 0.207. The zero-order chi connectivity index (χ0) is 24.4. The quantitative estimate of drug-likeness (QED) is 0.319. The lowest BCUT2D eigenvalue weighted by Crippen LogP contribution is -2.45. The van der Waals surface area contributed by atoms with Gasteiger partial charge in [0.2, 0.25) is 5.82 Å². The summed E-state index contributed by atoms with van der Waals surface area (Å²) in [5.74, 6) is 1.06. The van der Waals surface area contributed by atoms with Gasteiger partial charge in [0.05, 0.1) is 11.6 Å². The Balaban J connectivity index is 1.58. The average Bonchev–Trinajstić information content (AvgIpc) is 3.38. The molecule has 0 spiro atoms. The van der Waals surface area contributed by atoms with Crippen molar-refractivity contribution in [3.63, 3.8) is 0 Å². The van der Waals surface area contributed by atoms with Crippen molar-refractivity contribution < 1.29 is 4.52 Å². The molecule has 4 aromatic rings. The van der Waals surface area contributed by atoms with Crippen LogP contribution in [0.25, 0.3) is 17.0 Å². The van der Waals surface area contributed by atoms with Crippen LogP contribution in [-0.2, 0) is 13.0 Å². The van der Waals surface area contributed by atoms with Crippen molar-refractivity contribution in [3.8, 4) is 11.4 Å². The molecule has 0 saturated carbocycles. The van der Waals surface area contributed by atoms with Crippen LogP contribution in [-0.4, -0.2) is 20.2 Å². The Bertz CT molecular complexity index is 1360. The van der Waals surface area contributed by atoms with Crippen LogP contribution in [0.1, 0.15) is 48.0 Å². The Labute approximate surface area is 211 Å². The minimum Gasteiger partial charge on any atom is -0.351 e. The first-order chi connectivity index (χ1) is 17.0. The van der Waals surface area contributed by atoms with Gasteiger partial charge in [-0.1, -0.05) is 96.5 Å². The molecule has 0 saturated heterocycles. The van der Waals surface area contributed by atoms with Crippen molar-refractivity contribution in [1.29, 1.82) is 0 Å². The van der Waals surface area contributed by atoms with E-state index in [9.17, 15) is 0 Å². The van der Waals surface area contributed by atoms with Gasteiger partial charge in [-0.15, -0.1) is 0 Å². The molecule has 1 aromatic heterocycles. The van der Waals surface area contributed by atoms with Crippen LogP contribution in [0.15, 0.2) is 89.1 Å². The first-order valence-corrected chi connectivity index (χ1v) is 12.3. The molecule has 1 atom stereocenters. The summed E-state index contributed by atoms with van der Waals surface area (Å²) in [6.45, 7) is 6.98. The summed E-state index contributed by atoms with van der Waals surface area (Å²) in [6, 6.07) is 26.8. The molecule has 1 N–H and O–H groups in total. The van der Waals surface area contributed by atoms with Gasteiger partial charge in [-0.05, 0) is 49.2 Å². The molecule has 5 nitrogen and oxygen atoms in total. The van der Waals surface area contributed by atoms with Crippen molar-refractivity contribution >= 4 is 22.9 Å². The van der Waals surface area contributed by atoms with Crippen LogP contribution in [0.5, 0.6) is 0 Å². The largest absolute Gasteiger partial charge is 0.351 e. The summed E-state index contributed by atoms with van der Waals surface area (Å²) in [7, 11) is 0. The minimum atomic E-state index is -0.188. The van der Waals surface area contributed by atoms with Crippen LogP contribution in [0.2, 0.25) is 0 Å². The fourth-order valence-electron chi connectivity index (χ4n) is 4.36. The number of nitrogens with one attached hydrogen (secondary N) is 1. The van der Waals surface area contributed by atoms with Crippen molar-refractivity contribution in [2.75, 3.05) is 0 Å². The average molecular weight is 481 g/mol. The number of allylic oxidation sites excluding steroid dienone is 1. The van der Waals surface area contributed by atoms with E-state index in [4.69, 9.17) is 21.7 Å². The second-order valence-corrected chi connectivity index (χ2v) is 9.22. The Kier molecular flexibility index (Phi) is 6.47. The smallest absolute Gasteiger partial charge is 0.258 e. The lowest BCUT2D eigenvalue weighted by Gasteiger charge is -2.37. The molecular weight excluding hydrogens is 452 g/mol. The van der Waals surface area contributed by atoms with Crippen LogP contribution in [0, 0.1) is 6.92 Å². The molecule has 35 heavy (non-hydrogen) atoms. The predicted octanol–water partition coefficient (Wildman–Crippen LogP) is 6.47. The fourth-order valence-corrected chi connectivity index (χ4v) is 4.68. The third kappa shape index (κ3) is 4.75. The third-order valence-corrected chi connectivity index (χ3v) is 6.81. The summed E-state index contributed by atoms with van der Waals surface area (Å²) in [5.41, 5.74) is 7.66. The lowest BCUT2D eigenvalue weighted by atomic mass is 9.93. The van der Waals surface area contributed by atoms with Crippen molar-refractivity contribution in [1.82, 2.24) is 20.4 Å². The number of hydrogen-bond acceptors (Lipinski definition) is 4. The van der Waals surface area contributed by atoms with E-state index in [1.165, 1.54) is 16.7 Å². The summed E-state index contributed by atoms with van der Waals surface area (Å²) >= 11 is 5.85. The van der Waals surface area contributed by atoms with E-state index < -0.39 is 0 Å². The molecule has 176 valence electrons. The molecule has 1 aliphatic heterocycles. The number of thiocarbonyl (C=S) groups is 1. The van der Waals surface area contributed by atoms with Gasteiger partial charge in [-0.2, -0.15) is 4.98 Å². The predicted molar refractivity (Wildman–Crippen MR) is 143 cm³/mol. The number of rotatable bonds is 6. The van der Waals surface area contributed by atoms with Gasteiger partial charge in [0.1, 0.15) is 0 Å². The first-order valence-electron chi connectivity index (χ1n) is 11.9. The first kappa shape index (κ1) is 23.0. The highest BCUT2D eigenvalue weighted by Crippen LogP contribution is 2.38. The third-order valence-electron chi connectivity index (χ3n) is 6.47. The Morgan fingerprint density at radius 3 is 2.29 bits per heavy atom. The molecular formula is C29H28N4OS. The number of aryl methyl sites for hydroxylation is 2. The van der Waals surface area contributed by atoms with Gasteiger partial charge in [-0.25, -0.2) is 0 Å². The van der Waals surface area contributed by atoms with Gasteiger partial charge in [0.15, 0.2) is 5.11 Å². The molecule has 1 unspecified atom stereocenters. The summed E-state index contributed by atoms with van der Waals surface area (Å²) in [5, 5.41) is 8.52. The van der Waals surface area contributed by atoms with Gasteiger partial charge in [0.25, 0.3) is 5.89 Å². The van der Waals surface area contributed by atoms with E-state index in [1.54, 1.807) is 0 Å². The van der Waals surface area contributed by atoms with E-state index in [0.717, 1.165) is 28.8 Å². The number of benzene rings is 3. The molecule has 3 aromatic carbocycles. The maximum Gasteiger partial charge on any atom is 0.258 e. The Morgan fingerprint density at radius 1 is 0.914 bits per heavy atom. The summed E-state index contributed by atoms with van der Waals surface area (Å²) in [6.07, 6.45) is 0.993. The molecule has 2 heterocycles.